The fraction of sp³-hybridized carbons (Fsp3) is 0.500. The lowest BCUT2D eigenvalue weighted by Gasteiger charge is -2.33. The summed E-state index contributed by atoms with van der Waals surface area (Å²) in [5, 5.41) is 0. The first-order valence-corrected chi connectivity index (χ1v) is 10.8. The number of Topliss-reactive ketones (excluding diaryl/α,β-unsaturated/α-hetero) is 1. The molecule has 3 aliphatic rings. The number of nitrogens with two attached hydrogens (primary N) is 1. The molecule has 166 valence electrons. The van der Waals surface area contributed by atoms with E-state index in [4.69, 9.17) is 19.9 Å². The van der Waals surface area contributed by atoms with Gasteiger partial charge in [-0.05, 0) is 42.5 Å². The zero-order valence-electron chi connectivity index (χ0n) is 18.5. The van der Waals surface area contributed by atoms with Gasteiger partial charge >= 0.3 is 5.97 Å². The Kier molecular flexibility index (Phi) is 6.16. The second kappa shape index (κ2) is 8.85. The van der Waals surface area contributed by atoms with E-state index in [0.717, 1.165) is 50.4 Å². The predicted molar refractivity (Wildman–Crippen MR) is 115 cm³/mol. The van der Waals surface area contributed by atoms with Gasteiger partial charge in [0.2, 0.25) is 5.88 Å². The molecule has 0 amide bonds. The normalized spacial score (nSPS) is 22.3. The van der Waals surface area contributed by atoms with Crippen molar-refractivity contribution in [2.75, 3.05) is 33.4 Å². The van der Waals surface area contributed by atoms with Crippen LogP contribution in [0.5, 0.6) is 0 Å². The van der Waals surface area contributed by atoms with E-state index in [0.29, 0.717) is 24.2 Å². The Morgan fingerprint density at radius 3 is 2.65 bits per heavy atom. The number of ether oxygens (including phenoxy) is 3. The molecule has 0 radical (unpaired) electrons. The highest BCUT2D eigenvalue weighted by molar-refractivity contribution is 6.03. The molecule has 1 atom stereocenters. The maximum absolute atomic E-state index is 13.0. The van der Waals surface area contributed by atoms with Crippen molar-refractivity contribution in [3.8, 4) is 0 Å². The zero-order valence-corrected chi connectivity index (χ0v) is 18.5. The summed E-state index contributed by atoms with van der Waals surface area (Å²) >= 11 is 0. The van der Waals surface area contributed by atoms with Crippen molar-refractivity contribution in [1.82, 2.24) is 4.90 Å². The number of nitrogens with zero attached hydrogens (tertiary/aromatic N) is 1. The molecule has 2 heterocycles. The number of esters is 1. The second-order valence-corrected chi connectivity index (χ2v) is 8.44. The van der Waals surface area contributed by atoms with E-state index >= 15 is 0 Å². The number of hydrogen-bond acceptors (Lipinski definition) is 7. The van der Waals surface area contributed by atoms with Crippen molar-refractivity contribution in [3.05, 3.63) is 57.2 Å². The summed E-state index contributed by atoms with van der Waals surface area (Å²) in [5.41, 5.74) is 11.2. The van der Waals surface area contributed by atoms with Crippen LogP contribution in [0.3, 0.4) is 0 Å². The molecule has 1 saturated heterocycles. The highest BCUT2D eigenvalue weighted by Gasteiger charge is 2.41. The molecule has 1 aromatic rings. The van der Waals surface area contributed by atoms with Crippen LogP contribution in [0, 0.1) is 13.8 Å². The van der Waals surface area contributed by atoms with Gasteiger partial charge < -0.3 is 19.9 Å². The topological polar surface area (TPSA) is 91.1 Å². The quantitative estimate of drug-likeness (QED) is 0.740. The number of methoxy groups -OCH3 is 1. The first-order valence-electron chi connectivity index (χ1n) is 10.8. The summed E-state index contributed by atoms with van der Waals surface area (Å²) in [5.74, 6) is -0.522. The monoisotopic (exact) mass is 426 g/mol. The molecule has 2 N–H and O–H groups in total. The highest BCUT2D eigenvalue weighted by Crippen LogP contribution is 2.45. The molecule has 4 rings (SSSR count). The van der Waals surface area contributed by atoms with Crippen molar-refractivity contribution in [3.63, 3.8) is 0 Å². The Balaban J connectivity index is 1.82. The molecule has 0 aromatic heterocycles. The van der Waals surface area contributed by atoms with E-state index in [1.54, 1.807) is 0 Å². The van der Waals surface area contributed by atoms with Gasteiger partial charge in [0.1, 0.15) is 11.3 Å². The fourth-order valence-electron chi connectivity index (χ4n) is 4.77. The van der Waals surface area contributed by atoms with Crippen molar-refractivity contribution in [1.29, 1.82) is 0 Å². The Morgan fingerprint density at radius 1 is 1.19 bits per heavy atom. The van der Waals surface area contributed by atoms with E-state index in [1.807, 2.05) is 6.92 Å². The molecule has 0 bridgehead atoms. The van der Waals surface area contributed by atoms with E-state index in [2.05, 4.69) is 24.0 Å². The van der Waals surface area contributed by atoms with Crippen LogP contribution in [-0.2, 0) is 30.3 Å². The van der Waals surface area contributed by atoms with Crippen LogP contribution < -0.4 is 5.73 Å². The number of aryl methyl sites for hydroxylation is 2. The number of carbonyl (C=O) groups is 2. The number of morpholine rings is 1. The van der Waals surface area contributed by atoms with E-state index in [1.165, 1.54) is 18.2 Å². The second-order valence-electron chi connectivity index (χ2n) is 8.44. The van der Waals surface area contributed by atoms with Gasteiger partial charge in [-0.3, -0.25) is 9.69 Å². The van der Waals surface area contributed by atoms with Crippen LogP contribution in [0.25, 0.3) is 0 Å². The summed E-state index contributed by atoms with van der Waals surface area (Å²) in [7, 11) is 1.32. The van der Waals surface area contributed by atoms with Gasteiger partial charge in [-0.2, -0.15) is 0 Å². The molecule has 2 aliphatic heterocycles. The minimum absolute atomic E-state index is 0.00913. The van der Waals surface area contributed by atoms with Crippen molar-refractivity contribution in [2.45, 2.75) is 45.6 Å². The van der Waals surface area contributed by atoms with Crippen molar-refractivity contribution < 1.29 is 23.8 Å². The van der Waals surface area contributed by atoms with Crippen LogP contribution in [0.4, 0.5) is 0 Å². The third-order valence-corrected chi connectivity index (χ3v) is 6.42. The van der Waals surface area contributed by atoms with Gasteiger partial charge in [-0.25, -0.2) is 4.79 Å². The number of allylic oxidation sites excluding steroid dienone is 2. The molecular formula is C24H30N2O5. The molecule has 0 unspecified atom stereocenters. The van der Waals surface area contributed by atoms with Crippen LogP contribution >= 0.6 is 0 Å². The lowest BCUT2D eigenvalue weighted by molar-refractivity contribution is -0.136. The van der Waals surface area contributed by atoms with E-state index in [9.17, 15) is 9.59 Å². The number of rotatable bonds is 4. The first-order chi connectivity index (χ1) is 14.9. The van der Waals surface area contributed by atoms with Crippen molar-refractivity contribution in [2.24, 2.45) is 5.73 Å². The Labute approximate surface area is 182 Å². The maximum atomic E-state index is 13.0. The summed E-state index contributed by atoms with van der Waals surface area (Å²) in [6.45, 7) is 8.12. The predicted octanol–water partition coefficient (Wildman–Crippen LogP) is 2.60. The minimum atomic E-state index is -0.576. The Bertz CT molecular complexity index is 972. The number of hydrogen-bond donors (Lipinski definition) is 1. The maximum Gasteiger partial charge on any atom is 0.340 e. The van der Waals surface area contributed by atoms with Crippen molar-refractivity contribution >= 4 is 11.8 Å². The van der Waals surface area contributed by atoms with Crippen LogP contribution in [0.15, 0.2) is 34.9 Å². The SMILES string of the molecule is COC(=O)C1=C(N)OC2=C(C(=O)CCC2)[C@H]1c1cc(CN2CCOCC2)c(C)cc1C. The third-order valence-electron chi connectivity index (χ3n) is 6.42. The molecule has 31 heavy (non-hydrogen) atoms. The van der Waals surface area contributed by atoms with Gasteiger partial charge in [0.05, 0.1) is 26.2 Å². The Morgan fingerprint density at radius 2 is 1.94 bits per heavy atom. The molecule has 7 nitrogen and oxygen atoms in total. The number of benzene rings is 1. The summed E-state index contributed by atoms with van der Waals surface area (Å²) < 4.78 is 16.3. The summed E-state index contributed by atoms with van der Waals surface area (Å²) in [4.78, 5) is 28.1. The van der Waals surface area contributed by atoms with Gasteiger partial charge in [-0.1, -0.05) is 12.1 Å². The number of ketones is 1. The highest BCUT2D eigenvalue weighted by atomic mass is 16.5. The minimum Gasteiger partial charge on any atom is -0.465 e. The van der Waals surface area contributed by atoms with Crippen LogP contribution in [0.2, 0.25) is 0 Å². The molecule has 1 aliphatic carbocycles. The molecule has 7 heteroatoms. The van der Waals surface area contributed by atoms with Crippen LogP contribution in [0.1, 0.15) is 47.4 Å². The van der Waals surface area contributed by atoms with Gasteiger partial charge in [0, 0.05) is 38.0 Å². The smallest absolute Gasteiger partial charge is 0.340 e. The molecule has 0 spiro atoms. The van der Waals surface area contributed by atoms with Gasteiger partial charge in [0.15, 0.2) is 5.78 Å². The van der Waals surface area contributed by atoms with E-state index in [-0.39, 0.29) is 17.2 Å². The van der Waals surface area contributed by atoms with Gasteiger partial charge in [0.25, 0.3) is 0 Å². The summed E-state index contributed by atoms with van der Waals surface area (Å²) in [6.07, 6.45) is 1.80. The third kappa shape index (κ3) is 4.12. The fourth-order valence-corrected chi connectivity index (χ4v) is 4.77. The first kappa shape index (κ1) is 21.6. The molecule has 1 aromatic carbocycles. The standard InChI is InChI=1S/C24H30N2O5/c1-14-11-15(2)17(12-16(14)13-26-7-9-30-10-8-26)20-21-18(27)5-4-6-19(21)31-23(25)22(20)24(28)29-3/h11-12,20H,4-10,13,25H2,1-3H3/t20-/m1/s1. The zero-order chi connectivity index (χ0) is 22.1. The Hall–Kier alpha value is -2.64. The average Bonchev–Trinajstić information content (AvgIpc) is 2.75. The lowest BCUT2D eigenvalue weighted by atomic mass is 9.75. The molecule has 0 saturated carbocycles. The largest absolute Gasteiger partial charge is 0.465 e. The number of carbonyl (C=O) groups excluding carboxylic acids is 2. The molecular weight excluding hydrogens is 396 g/mol. The lowest BCUT2D eigenvalue weighted by Crippen LogP contribution is -2.36. The van der Waals surface area contributed by atoms with E-state index < -0.39 is 11.9 Å². The average molecular weight is 427 g/mol. The molecule has 1 fully saturated rings. The van der Waals surface area contributed by atoms with Gasteiger partial charge in [-0.15, -0.1) is 0 Å². The summed E-state index contributed by atoms with van der Waals surface area (Å²) in [6, 6.07) is 4.25. The van der Waals surface area contributed by atoms with Crippen LogP contribution in [-0.4, -0.2) is 50.1 Å².